The summed E-state index contributed by atoms with van der Waals surface area (Å²) in [5.74, 6) is 0. The van der Waals surface area contributed by atoms with Gasteiger partial charge in [-0.05, 0) is 89.6 Å². The first-order chi connectivity index (χ1) is 26.8. The largest absolute Gasteiger partial charge is 0.455 e. The van der Waals surface area contributed by atoms with Crippen LogP contribution in [0.1, 0.15) is 0 Å². The Hall–Kier alpha value is -7.16. The van der Waals surface area contributed by atoms with Gasteiger partial charge in [0.2, 0.25) is 0 Å². The Morgan fingerprint density at radius 1 is 0.278 bits per heavy atom. The molecule has 0 saturated carbocycles. The number of rotatable bonds is 3. The maximum absolute atomic E-state index is 6.87. The smallest absolute Gasteiger partial charge is 0.144 e. The number of benzene rings is 10. The molecule has 2 aromatic heterocycles. The van der Waals surface area contributed by atoms with E-state index in [9.17, 15) is 0 Å². The lowest BCUT2D eigenvalue weighted by molar-refractivity contribution is 0.665. The topological polar surface area (TPSA) is 26.3 Å². The van der Waals surface area contributed by atoms with Crippen molar-refractivity contribution in [2.75, 3.05) is 0 Å². The lowest BCUT2D eigenvalue weighted by Gasteiger charge is -2.19. The average Bonchev–Trinajstić information content (AvgIpc) is 3.82. The SMILES string of the molecule is c1ccc2c(c1)ccc1cc(-c3c4ccccc4c(-c4ccc(-c5cccc6c5oc5ccccc56)c5oc6ccccc6c45)c4ccccc34)ccc12. The average molecular weight is 687 g/mol. The second-order valence-electron chi connectivity index (χ2n) is 14.3. The van der Waals surface area contributed by atoms with E-state index in [4.69, 9.17) is 8.83 Å². The Balaban J connectivity index is 1.16. The molecule has 2 heterocycles. The number of hydrogen-bond acceptors (Lipinski definition) is 2. The zero-order valence-corrected chi connectivity index (χ0v) is 29.1. The molecule has 0 spiro atoms. The Morgan fingerprint density at radius 3 is 1.56 bits per heavy atom. The van der Waals surface area contributed by atoms with Gasteiger partial charge in [-0.3, -0.25) is 0 Å². The molecule has 0 aliphatic rings. The molecule has 0 unspecified atom stereocenters. The number of fused-ring (bicyclic) bond motifs is 11. The first-order valence-electron chi connectivity index (χ1n) is 18.5. The number of para-hydroxylation sites is 3. The van der Waals surface area contributed by atoms with Gasteiger partial charge < -0.3 is 8.83 Å². The van der Waals surface area contributed by atoms with Crippen LogP contribution in [0, 0.1) is 0 Å². The summed E-state index contributed by atoms with van der Waals surface area (Å²) in [6, 6.07) is 65.5. The van der Waals surface area contributed by atoms with Crippen LogP contribution in [-0.2, 0) is 0 Å². The van der Waals surface area contributed by atoms with E-state index in [1.165, 1.54) is 59.8 Å². The molecule has 0 atom stereocenters. The Morgan fingerprint density at radius 2 is 0.796 bits per heavy atom. The summed E-state index contributed by atoms with van der Waals surface area (Å²) < 4.78 is 13.4. The zero-order valence-electron chi connectivity index (χ0n) is 29.1. The third-order valence-electron chi connectivity index (χ3n) is 11.5. The zero-order chi connectivity index (χ0) is 35.3. The molecule has 0 aliphatic heterocycles. The van der Waals surface area contributed by atoms with Crippen LogP contribution >= 0.6 is 0 Å². The molecule has 0 aliphatic carbocycles. The molecule has 250 valence electrons. The molecular weight excluding hydrogens is 657 g/mol. The Labute approximate surface area is 310 Å². The molecule has 0 amide bonds. The van der Waals surface area contributed by atoms with Gasteiger partial charge >= 0.3 is 0 Å². The lowest BCUT2D eigenvalue weighted by Crippen LogP contribution is -1.92. The van der Waals surface area contributed by atoms with Crippen molar-refractivity contribution in [1.82, 2.24) is 0 Å². The van der Waals surface area contributed by atoms with Crippen molar-refractivity contribution in [3.63, 3.8) is 0 Å². The second-order valence-corrected chi connectivity index (χ2v) is 14.3. The maximum Gasteiger partial charge on any atom is 0.144 e. The Bertz CT molecular complexity index is 3450. The third kappa shape index (κ3) is 4.11. The fraction of sp³-hybridized carbons (Fsp3) is 0. The predicted molar refractivity (Wildman–Crippen MR) is 227 cm³/mol. The highest BCUT2D eigenvalue weighted by Gasteiger charge is 2.24. The van der Waals surface area contributed by atoms with Crippen LogP contribution < -0.4 is 0 Å². The second kappa shape index (κ2) is 11.2. The van der Waals surface area contributed by atoms with E-state index < -0.39 is 0 Å². The van der Waals surface area contributed by atoms with E-state index in [2.05, 4.69) is 170 Å². The lowest BCUT2D eigenvalue weighted by atomic mass is 9.84. The van der Waals surface area contributed by atoms with E-state index in [-0.39, 0.29) is 0 Å². The third-order valence-corrected chi connectivity index (χ3v) is 11.5. The minimum absolute atomic E-state index is 0.862. The Kier molecular flexibility index (Phi) is 6.09. The molecule has 12 aromatic rings. The molecule has 0 bridgehead atoms. The van der Waals surface area contributed by atoms with Crippen molar-refractivity contribution in [3.8, 4) is 33.4 Å². The minimum atomic E-state index is 0.862. The first-order valence-corrected chi connectivity index (χ1v) is 18.5. The van der Waals surface area contributed by atoms with Crippen molar-refractivity contribution in [1.29, 1.82) is 0 Å². The van der Waals surface area contributed by atoms with Gasteiger partial charge in [0.25, 0.3) is 0 Å². The molecule has 0 fully saturated rings. The van der Waals surface area contributed by atoms with Crippen LogP contribution in [0.25, 0.3) is 120 Å². The van der Waals surface area contributed by atoms with Gasteiger partial charge in [0.15, 0.2) is 0 Å². The fourth-order valence-corrected chi connectivity index (χ4v) is 9.11. The summed E-state index contributed by atoms with van der Waals surface area (Å²) in [4.78, 5) is 0. The highest BCUT2D eigenvalue weighted by molar-refractivity contribution is 6.27. The summed E-state index contributed by atoms with van der Waals surface area (Å²) in [5, 5.41) is 14.4. The van der Waals surface area contributed by atoms with Crippen LogP contribution in [0.3, 0.4) is 0 Å². The highest BCUT2D eigenvalue weighted by Crippen LogP contribution is 2.49. The van der Waals surface area contributed by atoms with Crippen LogP contribution in [0.15, 0.2) is 191 Å². The van der Waals surface area contributed by atoms with E-state index in [1.807, 2.05) is 12.1 Å². The normalized spacial score (nSPS) is 12.1. The molecule has 54 heavy (non-hydrogen) atoms. The van der Waals surface area contributed by atoms with Gasteiger partial charge in [0.05, 0.1) is 0 Å². The van der Waals surface area contributed by atoms with Gasteiger partial charge in [-0.25, -0.2) is 0 Å². The molecule has 0 radical (unpaired) electrons. The van der Waals surface area contributed by atoms with Crippen molar-refractivity contribution >= 4 is 87.0 Å². The standard InChI is InChI=1S/C52H30O2/c1-2-13-34-31(12-1)24-25-32-30-33(26-27-35(32)34)48-37-15-3-5-17-39(37)49(40-18-6-4-16-38(40)48)45-29-28-43(52-50(45)44-19-8-10-23-47(44)54-52)42-21-11-20-41-36-14-7-9-22-46(36)53-51(41)42/h1-30H. The van der Waals surface area contributed by atoms with Gasteiger partial charge in [0, 0.05) is 32.7 Å². The fourth-order valence-electron chi connectivity index (χ4n) is 9.11. The molecule has 10 aromatic carbocycles. The van der Waals surface area contributed by atoms with Gasteiger partial charge in [-0.2, -0.15) is 0 Å². The molecule has 0 saturated heterocycles. The van der Waals surface area contributed by atoms with Crippen molar-refractivity contribution in [3.05, 3.63) is 182 Å². The summed E-state index contributed by atoms with van der Waals surface area (Å²) in [5.41, 5.74) is 10.4. The molecule has 2 nitrogen and oxygen atoms in total. The van der Waals surface area contributed by atoms with Crippen molar-refractivity contribution < 1.29 is 8.83 Å². The van der Waals surface area contributed by atoms with E-state index >= 15 is 0 Å². The van der Waals surface area contributed by atoms with E-state index in [1.54, 1.807) is 0 Å². The van der Waals surface area contributed by atoms with E-state index in [0.29, 0.717) is 0 Å². The highest BCUT2D eigenvalue weighted by atomic mass is 16.3. The van der Waals surface area contributed by atoms with Crippen LogP contribution in [0.4, 0.5) is 0 Å². The maximum atomic E-state index is 6.87. The number of hydrogen-bond donors (Lipinski definition) is 0. The summed E-state index contributed by atoms with van der Waals surface area (Å²) in [6.07, 6.45) is 0. The van der Waals surface area contributed by atoms with Gasteiger partial charge in [0.1, 0.15) is 22.3 Å². The molecule has 2 heteroatoms. The number of furan rings is 2. The summed E-state index contributed by atoms with van der Waals surface area (Å²) in [7, 11) is 0. The van der Waals surface area contributed by atoms with Crippen LogP contribution in [0.2, 0.25) is 0 Å². The monoisotopic (exact) mass is 686 g/mol. The summed E-state index contributed by atoms with van der Waals surface area (Å²) in [6.45, 7) is 0. The van der Waals surface area contributed by atoms with Crippen molar-refractivity contribution in [2.24, 2.45) is 0 Å². The predicted octanol–water partition coefficient (Wildman–Crippen LogP) is 15.1. The van der Waals surface area contributed by atoms with Crippen molar-refractivity contribution in [2.45, 2.75) is 0 Å². The first kappa shape index (κ1) is 29.4. The molecular formula is C52H30O2. The van der Waals surface area contributed by atoms with E-state index in [0.717, 1.165) is 60.6 Å². The minimum Gasteiger partial charge on any atom is -0.455 e. The molecule has 12 rings (SSSR count). The quantitative estimate of drug-likeness (QED) is 0.137. The van der Waals surface area contributed by atoms with Gasteiger partial charge in [-0.1, -0.05) is 158 Å². The van der Waals surface area contributed by atoms with Crippen LogP contribution in [0.5, 0.6) is 0 Å². The van der Waals surface area contributed by atoms with Crippen LogP contribution in [-0.4, -0.2) is 0 Å². The summed E-state index contributed by atoms with van der Waals surface area (Å²) >= 11 is 0. The molecule has 0 N–H and O–H groups in total. The van der Waals surface area contributed by atoms with Gasteiger partial charge in [-0.15, -0.1) is 0 Å².